The van der Waals surface area contributed by atoms with Crippen molar-refractivity contribution < 1.29 is 23.0 Å². The molecule has 2 atom stereocenters. The number of aliphatic hydroxyl groups excluding tert-OH is 1. The van der Waals surface area contributed by atoms with Gasteiger partial charge in [0.2, 0.25) is 0 Å². The third-order valence-corrected chi connectivity index (χ3v) is 3.50. The van der Waals surface area contributed by atoms with E-state index in [0.29, 0.717) is 18.5 Å². The Bertz CT molecular complexity index is 431. The van der Waals surface area contributed by atoms with E-state index in [4.69, 9.17) is 10.5 Å². The van der Waals surface area contributed by atoms with Crippen LogP contribution in [-0.4, -0.2) is 25.4 Å². The van der Waals surface area contributed by atoms with Gasteiger partial charge in [-0.15, -0.1) is 0 Å². The molecule has 0 aliphatic heterocycles. The van der Waals surface area contributed by atoms with Crippen LogP contribution >= 0.6 is 0 Å². The molecule has 0 aromatic heterocycles. The number of ether oxygens (including phenoxy) is 1. The topological polar surface area (TPSA) is 55.5 Å². The van der Waals surface area contributed by atoms with Gasteiger partial charge in [-0.25, -0.2) is 0 Å². The molecule has 0 amide bonds. The number of hydrogen-bond acceptors (Lipinski definition) is 3. The Balaban J connectivity index is 2.96. The minimum absolute atomic E-state index is 0.0411. The maximum atomic E-state index is 12.6. The molecular weight excluding hydrogens is 271 g/mol. The smallest absolute Gasteiger partial charge is 0.416 e. The van der Waals surface area contributed by atoms with Gasteiger partial charge in [0.05, 0.1) is 12.7 Å². The molecule has 3 nitrogen and oxygen atoms in total. The second-order valence-corrected chi connectivity index (χ2v) is 4.88. The fraction of sp³-hybridized carbons (Fsp3) is 0.571. The van der Waals surface area contributed by atoms with Crippen LogP contribution in [0, 0.1) is 11.8 Å². The van der Waals surface area contributed by atoms with Gasteiger partial charge < -0.3 is 15.6 Å². The molecular formula is C14H20F3NO2. The van der Waals surface area contributed by atoms with Crippen molar-refractivity contribution in [3.8, 4) is 5.75 Å². The van der Waals surface area contributed by atoms with Gasteiger partial charge in [-0.3, -0.25) is 0 Å². The molecule has 0 spiro atoms. The normalized spacial score (nSPS) is 14.9. The Morgan fingerprint density at radius 2 is 2.00 bits per heavy atom. The zero-order chi connectivity index (χ0) is 15.3. The first-order chi connectivity index (χ1) is 9.33. The lowest BCUT2D eigenvalue weighted by molar-refractivity contribution is -0.137. The van der Waals surface area contributed by atoms with Crippen LogP contribution in [0.5, 0.6) is 5.75 Å². The van der Waals surface area contributed by atoms with Crippen LogP contribution in [0.1, 0.15) is 18.1 Å². The third-order valence-electron chi connectivity index (χ3n) is 3.50. The van der Waals surface area contributed by atoms with Gasteiger partial charge in [0.25, 0.3) is 0 Å². The van der Waals surface area contributed by atoms with Gasteiger partial charge in [-0.2, -0.15) is 13.2 Å². The average Bonchev–Trinajstić information content (AvgIpc) is 2.39. The first-order valence-electron chi connectivity index (χ1n) is 6.38. The van der Waals surface area contributed by atoms with E-state index >= 15 is 0 Å². The summed E-state index contributed by atoms with van der Waals surface area (Å²) in [7, 11) is 1.34. The van der Waals surface area contributed by atoms with Gasteiger partial charge in [0.1, 0.15) is 5.75 Å². The molecule has 0 radical (unpaired) electrons. The standard InChI is InChI=1S/C14H20F3NO2/c1-9(11(7-18)8-19)5-10-3-4-12(14(15,16)17)6-13(10)20-2/h3-4,6,9,11,19H,5,7-8,18H2,1-2H3. The van der Waals surface area contributed by atoms with E-state index in [1.54, 1.807) is 0 Å². The summed E-state index contributed by atoms with van der Waals surface area (Å²) in [6.07, 6.45) is -3.88. The molecule has 1 rings (SSSR count). The number of nitrogens with two attached hydrogens (primary N) is 1. The van der Waals surface area contributed by atoms with Crippen LogP contribution < -0.4 is 10.5 Å². The van der Waals surface area contributed by atoms with Crippen molar-refractivity contribution in [1.29, 1.82) is 0 Å². The summed E-state index contributed by atoms with van der Waals surface area (Å²) in [6, 6.07) is 3.46. The lowest BCUT2D eigenvalue weighted by Crippen LogP contribution is -2.26. The summed E-state index contributed by atoms with van der Waals surface area (Å²) in [5, 5.41) is 9.19. The fourth-order valence-corrected chi connectivity index (χ4v) is 2.09. The molecule has 0 bridgehead atoms. The van der Waals surface area contributed by atoms with Crippen LogP contribution in [0.2, 0.25) is 0 Å². The molecule has 0 heterocycles. The van der Waals surface area contributed by atoms with E-state index in [2.05, 4.69) is 0 Å². The lowest BCUT2D eigenvalue weighted by Gasteiger charge is -2.21. The Hall–Kier alpha value is -1.27. The predicted octanol–water partition coefficient (Wildman–Crippen LogP) is 2.46. The first-order valence-corrected chi connectivity index (χ1v) is 6.38. The maximum absolute atomic E-state index is 12.6. The Kier molecular flexibility index (Phi) is 5.83. The highest BCUT2D eigenvalue weighted by molar-refractivity contribution is 5.39. The van der Waals surface area contributed by atoms with Gasteiger partial charge in [0, 0.05) is 6.61 Å². The summed E-state index contributed by atoms with van der Waals surface area (Å²) < 4.78 is 42.9. The van der Waals surface area contributed by atoms with Crippen molar-refractivity contribution in [3.63, 3.8) is 0 Å². The van der Waals surface area contributed by atoms with E-state index in [1.165, 1.54) is 13.2 Å². The summed E-state index contributed by atoms with van der Waals surface area (Å²) >= 11 is 0. The molecule has 1 aromatic rings. The molecule has 0 aliphatic rings. The quantitative estimate of drug-likeness (QED) is 0.846. The number of hydrogen-bond donors (Lipinski definition) is 2. The molecule has 0 fully saturated rings. The van der Waals surface area contributed by atoms with E-state index in [0.717, 1.165) is 12.1 Å². The maximum Gasteiger partial charge on any atom is 0.416 e. The Morgan fingerprint density at radius 3 is 2.45 bits per heavy atom. The summed E-state index contributed by atoms with van der Waals surface area (Å²) in [5.41, 5.74) is 5.50. The molecule has 0 saturated heterocycles. The SMILES string of the molecule is COc1cc(C(F)(F)F)ccc1CC(C)C(CN)CO. The van der Waals surface area contributed by atoms with Gasteiger partial charge in [-0.05, 0) is 42.5 Å². The van der Waals surface area contributed by atoms with E-state index in [-0.39, 0.29) is 24.2 Å². The highest BCUT2D eigenvalue weighted by Gasteiger charge is 2.31. The van der Waals surface area contributed by atoms with Gasteiger partial charge >= 0.3 is 6.18 Å². The van der Waals surface area contributed by atoms with Gasteiger partial charge in [-0.1, -0.05) is 13.0 Å². The Labute approximate surface area is 116 Å². The largest absolute Gasteiger partial charge is 0.496 e. The number of rotatable bonds is 6. The number of methoxy groups -OCH3 is 1. The van der Waals surface area contributed by atoms with Crippen molar-refractivity contribution in [2.75, 3.05) is 20.3 Å². The summed E-state index contributed by atoms with van der Waals surface area (Å²) in [4.78, 5) is 0. The number of benzene rings is 1. The molecule has 0 saturated carbocycles. The fourth-order valence-electron chi connectivity index (χ4n) is 2.09. The van der Waals surface area contributed by atoms with Crippen LogP contribution in [0.3, 0.4) is 0 Å². The van der Waals surface area contributed by atoms with Crippen molar-refractivity contribution in [2.45, 2.75) is 19.5 Å². The van der Waals surface area contributed by atoms with E-state index < -0.39 is 11.7 Å². The van der Waals surface area contributed by atoms with Crippen LogP contribution in [-0.2, 0) is 12.6 Å². The predicted molar refractivity (Wildman–Crippen MR) is 70.5 cm³/mol. The minimum Gasteiger partial charge on any atom is -0.496 e. The average molecular weight is 291 g/mol. The highest BCUT2D eigenvalue weighted by atomic mass is 19.4. The molecule has 1 aromatic carbocycles. The zero-order valence-electron chi connectivity index (χ0n) is 11.6. The number of halogens is 3. The van der Waals surface area contributed by atoms with Crippen molar-refractivity contribution >= 4 is 0 Å². The van der Waals surface area contributed by atoms with Crippen LogP contribution in [0.15, 0.2) is 18.2 Å². The van der Waals surface area contributed by atoms with Crippen LogP contribution in [0.25, 0.3) is 0 Å². The second-order valence-electron chi connectivity index (χ2n) is 4.88. The lowest BCUT2D eigenvalue weighted by atomic mass is 9.88. The second kappa shape index (κ2) is 6.95. The van der Waals surface area contributed by atoms with Crippen molar-refractivity contribution in [3.05, 3.63) is 29.3 Å². The summed E-state index contributed by atoms with van der Waals surface area (Å²) in [6.45, 7) is 2.20. The summed E-state index contributed by atoms with van der Waals surface area (Å²) in [5.74, 6) is 0.179. The minimum atomic E-state index is -4.39. The van der Waals surface area contributed by atoms with Crippen LogP contribution in [0.4, 0.5) is 13.2 Å². The van der Waals surface area contributed by atoms with Crippen molar-refractivity contribution in [2.24, 2.45) is 17.6 Å². The van der Waals surface area contributed by atoms with E-state index in [1.807, 2.05) is 6.92 Å². The third kappa shape index (κ3) is 4.11. The highest BCUT2D eigenvalue weighted by Crippen LogP contribution is 2.34. The first kappa shape index (κ1) is 16.8. The molecule has 2 unspecified atom stereocenters. The van der Waals surface area contributed by atoms with Crippen molar-refractivity contribution in [1.82, 2.24) is 0 Å². The van der Waals surface area contributed by atoms with E-state index in [9.17, 15) is 18.3 Å². The molecule has 20 heavy (non-hydrogen) atoms. The Morgan fingerprint density at radius 1 is 1.35 bits per heavy atom. The monoisotopic (exact) mass is 291 g/mol. The van der Waals surface area contributed by atoms with Gasteiger partial charge in [0.15, 0.2) is 0 Å². The number of alkyl halides is 3. The molecule has 3 N–H and O–H groups in total. The zero-order valence-corrected chi connectivity index (χ0v) is 11.6. The molecule has 6 heteroatoms. The number of aliphatic hydroxyl groups is 1. The molecule has 0 aliphatic carbocycles. The molecule has 114 valence electrons.